The van der Waals surface area contributed by atoms with Gasteiger partial charge in [0, 0.05) is 6.04 Å². The molecule has 3 atom stereocenters. The lowest BCUT2D eigenvalue weighted by atomic mass is 9.87. The summed E-state index contributed by atoms with van der Waals surface area (Å²) >= 11 is 1.70. The molecule has 3 saturated carbocycles. The van der Waals surface area contributed by atoms with E-state index >= 15 is 0 Å². The fraction of sp³-hybridized carbons (Fsp3) is 0.824. The van der Waals surface area contributed by atoms with Crippen LogP contribution in [0.3, 0.4) is 0 Å². The van der Waals surface area contributed by atoms with Gasteiger partial charge in [0.25, 0.3) is 0 Å². The lowest BCUT2D eigenvalue weighted by Gasteiger charge is -2.22. The lowest BCUT2D eigenvalue weighted by molar-refractivity contribution is 0.352. The maximum Gasteiger partial charge on any atom is 0.227 e. The van der Waals surface area contributed by atoms with E-state index in [0.29, 0.717) is 6.04 Å². The molecule has 116 valence electrons. The van der Waals surface area contributed by atoms with Gasteiger partial charge in [0.05, 0.1) is 4.88 Å². The molecular weight excluding hydrogens is 280 g/mol. The van der Waals surface area contributed by atoms with Gasteiger partial charge >= 0.3 is 0 Å². The van der Waals surface area contributed by atoms with Crippen LogP contribution in [0.1, 0.15) is 62.7 Å². The van der Waals surface area contributed by atoms with Crippen molar-refractivity contribution in [2.75, 3.05) is 5.32 Å². The first-order valence-corrected chi connectivity index (χ1v) is 9.55. The number of aromatic hydroxyl groups is 1. The highest BCUT2D eigenvalue weighted by Crippen LogP contribution is 2.46. The van der Waals surface area contributed by atoms with E-state index in [9.17, 15) is 5.11 Å². The Labute approximate surface area is 131 Å². The van der Waals surface area contributed by atoms with E-state index in [4.69, 9.17) is 0 Å². The Balaban J connectivity index is 1.39. The summed E-state index contributed by atoms with van der Waals surface area (Å²) in [7, 11) is 0. The molecule has 2 bridgehead atoms. The first-order valence-electron chi connectivity index (χ1n) is 8.73. The molecule has 4 rings (SSSR count). The minimum absolute atomic E-state index is 0.288. The highest BCUT2D eigenvalue weighted by molar-refractivity contribution is 7.15. The zero-order valence-corrected chi connectivity index (χ0v) is 13.5. The first-order chi connectivity index (χ1) is 10.3. The van der Waals surface area contributed by atoms with Gasteiger partial charge in [-0.1, -0.05) is 49.9 Å². The zero-order valence-electron chi connectivity index (χ0n) is 12.7. The van der Waals surface area contributed by atoms with Crippen LogP contribution in [0.15, 0.2) is 0 Å². The van der Waals surface area contributed by atoms with Gasteiger partial charge in [-0.15, -0.1) is 0 Å². The quantitative estimate of drug-likeness (QED) is 0.856. The largest absolute Gasteiger partial charge is 0.492 e. The second kappa shape index (κ2) is 5.79. The highest BCUT2D eigenvalue weighted by Gasteiger charge is 2.39. The third-order valence-electron chi connectivity index (χ3n) is 5.92. The van der Waals surface area contributed by atoms with Gasteiger partial charge in [-0.25, -0.2) is 0 Å². The number of nitrogens with one attached hydrogen (secondary N) is 1. The average Bonchev–Trinajstić information content (AvgIpc) is 3.17. The summed E-state index contributed by atoms with van der Waals surface area (Å²) in [6.45, 7) is 0. The Kier molecular flexibility index (Phi) is 3.82. The molecule has 3 fully saturated rings. The summed E-state index contributed by atoms with van der Waals surface area (Å²) in [5.74, 6) is 2.85. The van der Waals surface area contributed by atoms with Gasteiger partial charge in [0.1, 0.15) is 0 Å². The third kappa shape index (κ3) is 2.92. The number of rotatable bonds is 4. The van der Waals surface area contributed by atoms with Crippen molar-refractivity contribution in [2.24, 2.45) is 17.8 Å². The molecule has 2 N–H and O–H groups in total. The van der Waals surface area contributed by atoms with Crippen molar-refractivity contribution in [3.8, 4) is 5.88 Å². The van der Waals surface area contributed by atoms with Gasteiger partial charge in [-0.3, -0.25) is 0 Å². The Hall–Kier alpha value is -0.770. The molecule has 0 aliphatic heterocycles. The summed E-state index contributed by atoms with van der Waals surface area (Å²) in [6.07, 6.45) is 13.3. The van der Waals surface area contributed by atoms with E-state index in [1.54, 1.807) is 11.3 Å². The number of fused-ring (bicyclic) bond motifs is 2. The molecule has 4 heteroatoms. The Morgan fingerprint density at radius 3 is 2.67 bits per heavy atom. The van der Waals surface area contributed by atoms with Crippen LogP contribution in [0.2, 0.25) is 0 Å². The maximum absolute atomic E-state index is 10.1. The van der Waals surface area contributed by atoms with Crippen LogP contribution in [0.5, 0.6) is 5.88 Å². The van der Waals surface area contributed by atoms with Gasteiger partial charge in [-0.2, -0.15) is 4.98 Å². The normalized spacial score (nSPS) is 32.7. The van der Waals surface area contributed by atoms with Crippen LogP contribution in [-0.4, -0.2) is 16.1 Å². The van der Waals surface area contributed by atoms with Crippen LogP contribution in [0.4, 0.5) is 5.13 Å². The van der Waals surface area contributed by atoms with Gasteiger partial charge in [-0.05, 0) is 43.4 Å². The molecule has 0 spiro atoms. The van der Waals surface area contributed by atoms with E-state index < -0.39 is 0 Å². The molecule has 0 aromatic carbocycles. The first kappa shape index (κ1) is 13.9. The fourth-order valence-electron chi connectivity index (χ4n) is 4.77. The molecule has 21 heavy (non-hydrogen) atoms. The van der Waals surface area contributed by atoms with Crippen LogP contribution < -0.4 is 5.32 Å². The number of nitrogens with zero attached hydrogens (tertiary/aromatic N) is 1. The standard InChI is InChI=1S/C17H26N2OS/c20-16-15(10-11-4-2-1-3-5-11)21-17(19-16)18-14-9-12-6-7-13(14)8-12/h11-14,20H,1-10H2,(H,18,19)/t12-,13+,14+/m1/s1. The minimum atomic E-state index is 0.288. The van der Waals surface area contributed by atoms with Crippen molar-refractivity contribution in [2.45, 2.75) is 70.3 Å². The molecular formula is C17H26N2OS. The van der Waals surface area contributed by atoms with Crippen molar-refractivity contribution < 1.29 is 5.11 Å². The van der Waals surface area contributed by atoms with Gasteiger partial charge < -0.3 is 10.4 Å². The van der Waals surface area contributed by atoms with Crippen molar-refractivity contribution in [3.05, 3.63) is 4.88 Å². The predicted octanol–water partition coefficient (Wildman–Crippen LogP) is 4.57. The second-order valence-electron chi connectivity index (χ2n) is 7.40. The molecule has 0 radical (unpaired) electrons. The number of hydrogen-bond acceptors (Lipinski definition) is 4. The number of hydrogen-bond donors (Lipinski definition) is 2. The molecule has 3 nitrogen and oxygen atoms in total. The third-order valence-corrected chi connectivity index (χ3v) is 6.92. The molecule has 0 saturated heterocycles. The second-order valence-corrected chi connectivity index (χ2v) is 8.48. The zero-order chi connectivity index (χ0) is 14.2. The lowest BCUT2D eigenvalue weighted by Crippen LogP contribution is -2.25. The topological polar surface area (TPSA) is 45.2 Å². The summed E-state index contributed by atoms with van der Waals surface area (Å²) in [5, 5.41) is 14.7. The average molecular weight is 306 g/mol. The van der Waals surface area contributed by atoms with E-state index in [1.165, 1.54) is 57.8 Å². The molecule has 1 aromatic rings. The van der Waals surface area contributed by atoms with E-state index in [0.717, 1.165) is 34.2 Å². The Morgan fingerprint density at radius 1 is 1.10 bits per heavy atom. The molecule has 0 unspecified atom stereocenters. The van der Waals surface area contributed by atoms with Crippen molar-refractivity contribution in [1.29, 1.82) is 0 Å². The summed E-state index contributed by atoms with van der Waals surface area (Å²) in [6, 6.07) is 0.608. The maximum atomic E-state index is 10.1. The monoisotopic (exact) mass is 306 g/mol. The van der Waals surface area contributed by atoms with Crippen molar-refractivity contribution >= 4 is 16.5 Å². The van der Waals surface area contributed by atoms with E-state index in [-0.39, 0.29) is 5.88 Å². The highest BCUT2D eigenvalue weighted by atomic mass is 32.1. The fourth-order valence-corrected chi connectivity index (χ4v) is 5.80. The number of thiazole rings is 1. The van der Waals surface area contributed by atoms with Crippen molar-refractivity contribution in [1.82, 2.24) is 4.98 Å². The van der Waals surface area contributed by atoms with Crippen LogP contribution in [0.25, 0.3) is 0 Å². The van der Waals surface area contributed by atoms with Gasteiger partial charge in [0.2, 0.25) is 5.88 Å². The summed E-state index contributed by atoms with van der Waals surface area (Å²) in [4.78, 5) is 5.49. The predicted molar refractivity (Wildman–Crippen MR) is 86.9 cm³/mol. The molecule has 0 amide bonds. The van der Waals surface area contributed by atoms with Crippen LogP contribution in [0, 0.1) is 17.8 Å². The summed E-state index contributed by atoms with van der Waals surface area (Å²) < 4.78 is 0. The Bertz CT molecular complexity index is 495. The Morgan fingerprint density at radius 2 is 1.95 bits per heavy atom. The van der Waals surface area contributed by atoms with E-state index in [2.05, 4.69) is 10.3 Å². The molecule has 3 aliphatic carbocycles. The molecule has 1 aromatic heterocycles. The van der Waals surface area contributed by atoms with Crippen LogP contribution in [-0.2, 0) is 6.42 Å². The smallest absolute Gasteiger partial charge is 0.227 e. The molecule has 1 heterocycles. The SMILES string of the molecule is Oc1nc(N[C@H]2C[C@@H]3CC[C@H]2C3)sc1CC1CCCCC1. The van der Waals surface area contributed by atoms with Gasteiger partial charge in [0.15, 0.2) is 5.13 Å². The molecule has 3 aliphatic rings. The van der Waals surface area contributed by atoms with Crippen molar-refractivity contribution in [3.63, 3.8) is 0 Å². The minimum Gasteiger partial charge on any atom is -0.492 e. The summed E-state index contributed by atoms with van der Waals surface area (Å²) in [5.41, 5.74) is 0. The number of anilines is 1. The van der Waals surface area contributed by atoms with E-state index in [1.807, 2.05) is 0 Å². The number of aromatic nitrogens is 1. The van der Waals surface area contributed by atoms with Crippen LogP contribution >= 0.6 is 11.3 Å².